The van der Waals surface area contributed by atoms with Gasteiger partial charge in [-0.2, -0.15) is 0 Å². The molecule has 2 aromatic heterocycles. The molecule has 0 atom stereocenters. The van der Waals surface area contributed by atoms with Crippen LogP contribution < -0.4 is 10.4 Å². The maximum Gasteiger partial charge on any atom is 0.340 e. The van der Waals surface area contributed by atoms with E-state index >= 15 is 0 Å². The molecule has 2 aromatic carbocycles. The molecule has 26 heavy (non-hydrogen) atoms. The molecule has 6 nitrogen and oxygen atoms in total. The third-order valence-corrected chi connectivity index (χ3v) is 4.37. The van der Waals surface area contributed by atoms with Gasteiger partial charge < -0.3 is 9.84 Å². The van der Waals surface area contributed by atoms with Gasteiger partial charge >= 0.3 is 5.69 Å². The molecule has 0 saturated carbocycles. The second kappa shape index (κ2) is 6.55. The average molecular weight is 349 g/mol. The number of hydrogen-bond donors (Lipinski definition) is 1. The van der Waals surface area contributed by atoms with E-state index in [0.717, 1.165) is 18.6 Å². The van der Waals surface area contributed by atoms with Crippen LogP contribution in [0.25, 0.3) is 22.2 Å². The Labute approximate surface area is 149 Å². The standard InChI is InChI=1S/C20H19N3O3/c1-2-3-12-26-15-10-8-14(9-11-15)22-19(24)18-13-21-16-6-4-5-7-17(16)23(18)20(22)25/h4-11,13,24H,2-3,12H2,1H3. The Bertz CT molecular complexity index is 1130. The molecule has 2 heterocycles. The number of benzene rings is 2. The molecule has 6 heteroatoms. The summed E-state index contributed by atoms with van der Waals surface area (Å²) in [5, 5.41) is 10.6. The van der Waals surface area contributed by atoms with E-state index in [1.807, 2.05) is 24.3 Å². The third kappa shape index (κ3) is 2.60. The number of para-hydroxylation sites is 2. The fraction of sp³-hybridized carbons (Fsp3) is 0.200. The molecule has 0 bridgehead atoms. The molecule has 132 valence electrons. The summed E-state index contributed by atoms with van der Waals surface area (Å²) in [5.74, 6) is 0.610. The van der Waals surface area contributed by atoms with Crippen molar-refractivity contribution >= 4 is 16.6 Å². The second-order valence-electron chi connectivity index (χ2n) is 6.11. The van der Waals surface area contributed by atoms with E-state index in [9.17, 15) is 9.90 Å². The zero-order valence-corrected chi connectivity index (χ0v) is 14.4. The van der Waals surface area contributed by atoms with Gasteiger partial charge in [-0.3, -0.25) is 9.38 Å². The zero-order chi connectivity index (χ0) is 18.1. The molecule has 0 aliphatic heterocycles. The van der Waals surface area contributed by atoms with Crippen LogP contribution in [0.3, 0.4) is 0 Å². The topological polar surface area (TPSA) is 68.8 Å². The average Bonchev–Trinajstić information content (AvgIpc) is 2.93. The Kier molecular flexibility index (Phi) is 4.08. The first-order valence-electron chi connectivity index (χ1n) is 8.64. The van der Waals surface area contributed by atoms with Gasteiger partial charge in [0.1, 0.15) is 11.3 Å². The van der Waals surface area contributed by atoms with Gasteiger partial charge in [-0.1, -0.05) is 25.5 Å². The molecule has 1 N–H and O–H groups in total. The molecule has 4 aromatic rings. The summed E-state index contributed by atoms with van der Waals surface area (Å²) in [7, 11) is 0. The molecule has 0 unspecified atom stereocenters. The first-order chi connectivity index (χ1) is 12.7. The van der Waals surface area contributed by atoms with Crippen molar-refractivity contribution in [1.82, 2.24) is 14.0 Å². The van der Waals surface area contributed by atoms with Crippen molar-refractivity contribution < 1.29 is 9.84 Å². The van der Waals surface area contributed by atoms with Gasteiger partial charge in [0.15, 0.2) is 0 Å². The molecular weight excluding hydrogens is 330 g/mol. The van der Waals surface area contributed by atoms with Crippen LogP contribution in [-0.2, 0) is 0 Å². The van der Waals surface area contributed by atoms with E-state index in [1.165, 1.54) is 15.2 Å². The number of unbranched alkanes of at least 4 members (excludes halogenated alkanes) is 1. The highest BCUT2D eigenvalue weighted by molar-refractivity contribution is 5.79. The largest absolute Gasteiger partial charge is 0.494 e. The van der Waals surface area contributed by atoms with E-state index in [0.29, 0.717) is 28.8 Å². The van der Waals surface area contributed by atoms with Crippen LogP contribution in [-0.4, -0.2) is 25.7 Å². The monoisotopic (exact) mass is 349 g/mol. The van der Waals surface area contributed by atoms with Gasteiger partial charge in [0.25, 0.3) is 0 Å². The van der Waals surface area contributed by atoms with Gasteiger partial charge in [0.05, 0.1) is 29.5 Å². The van der Waals surface area contributed by atoms with Crippen molar-refractivity contribution in [2.24, 2.45) is 0 Å². The second-order valence-corrected chi connectivity index (χ2v) is 6.11. The van der Waals surface area contributed by atoms with Gasteiger partial charge in [0, 0.05) is 0 Å². The van der Waals surface area contributed by atoms with Crippen LogP contribution in [0.1, 0.15) is 19.8 Å². The number of aromatic hydroxyl groups is 1. The summed E-state index contributed by atoms with van der Waals surface area (Å²) < 4.78 is 8.40. The lowest BCUT2D eigenvalue weighted by Gasteiger charge is -2.07. The van der Waals surface area contributed by atoms with Crippen molar-refractivity contribution in [3.8, 4) is 17.3 Å². The third-order valence-electron chi connectivity index (χ3n) is 4.37. The Morgan fingerprint density at radius 1 is 1.08 bits per heavy atom. The Morgan fingerprint density at radius 3 is 2.62 bits per heavy atom. The van der Waals surface area contributed by atoms with Crippen LogP contribution in [0.5, 0.6) is 11.6 Å². The van der Waals surface area contributed by atoms with E-state index in [-0.39, 0.29) is 11.6 Å². The Balaban J connectivity index is 1.82. The molecule has 0 radical (unpaired) electrons. The Morgan fingerprint density at radius 2 is 1.85 bits per heavy atom. The molecule has 0 fully saturated rings. The van der Waals surface area contributed by atoms with Crippen molar-refractivity contribution in [1.29, 1.82) is 0 Å². The fourth-order valence-electron chi connectivity index (χ4n) is 3.01. The summed E-state index contributed by atoms with van der Waals surface area (Å²) in [5.41, 5.74) is 1.96. The first kappa shape index (κ1) is 16.2. The number of aromatic nitrogens is 3. The van der Waals surface area contributed by atoms with E-state index in [4.69, 9.17) is 4.74 Å². The number of fused-ring (bicyclic) bond motifs is 3. The maximum atomic E-state index is 13.0. The van der Waals surface area contributed by atoms with Gasteiger partial charge in [-0.25, -0.2) is 9.36 Å². The van der Waals surface area contributed by atoms with Crippen LogP contribution >= 0.6 is 0 Å². The van der Waals surface area contributed by atoms with E-state index in [2.05, 4.69) is 11.9 Å². The lowest BCUT2D eigenvalue weighted by atomic mass is 10.3. The first-order valence-corrected chi connectivity index (χ1v) is 8.64. The van der Waals surface area contributed by atoms with Gasteiger partial charge in [0.2, 0.25) is 5.88 Å². The molecule has 0 aliphatic rings. The summed E-state index contributed by atoms with van der Waals surface area (Å²) >= 11 is 0. The van der Waals surface area contributed by atoms with Crippen molar-refractivity contribution in [2.45, 2.75) is 19.8 Å². The molecule has 4 rings (SSSR count). The smallest absolute Gasteiger partial charge is 0.340 e. The van der Waals surface area contributed by atoms with Gasteiger partial charge in [-0.15, -0.1) is 0 Å². The van der Waals surface area contributed by atoms with Crippen molar-refractivity contribution in [3.63, 3.8) is 0 Å². The number of nitrogens with zero attached hydrogens (tertiary/aromatic N) is 3. The minimum absolute atomic E-state index is 0.132. The highest BCUT2D eigenvalue weighted by Crippen LogP contribution is 2.25. The van der Waals surface area contributed by atoms with Crippen LogP contribution in [0, 0.1) is 0 Å². The van der Waals surface area contributed by atoms with Crippen LogP contribution in [0.15, 0.2) is 59.5 Å². The molecule has 0 aliphatic carbocycles. The number of rotatable bonds is 5. The molecular formula is C20H19N3O3. The molecule has 0 spiro atoms. The SMILES string of the molecule is CCCCOc1ccc(-n2c(O)c3cnc4ccccc4n3c2=O)cc1. The summed E-state index contributed by atoms with van der Waals surface area (Å²) in [6.07, 6.45) is 3.57. The summed E-state index contributed by atoms with van der Waals surface area (Å²) in [6.45, 7) is 2.77. The predicted molar refractivity (Wildman–Crippen MR) is 100 cm³/mol. The van der Waals surface area contributed by atoms with Crippen molar-refractivity contribution in [2.75, 3.05) is 6.61 Å². The summed E-state index contributed by atoms with van der Waals surface area (Å²) in [4.78, 5) is 17.3. The normalized spacial score (nSPS) is 11.3. The minimum Gasteiger partial charge on any atom is -0.494 e. The quantitative estimate of drug-likeness (QED) is 0.560. The van der Waals surface area contributed by atoms with Crippen molar-refractivity contribution in [3.05, 3.63) is 65.2 Å². The highest BCUT2D eigenvalue weighted by atomic mass is 16.5. The zero-order valence-electron chi connectivity index (χ0n) is 14.4. The van der Waals surface area contributed by atoms with E-state index in [1.54, 1.807) is 24.3 Å². The lowest BCUT2D eigenvalue weighted by Crippen LogP contribution is -2.19. The van der Waals surface area contributed by atoms with Gasteiger partial charge in [-0.05, 0) is 42.8 Å². The maximum absolute atomic E-state index is 13.0. The number of hydrogen-bond acceptors (Lipinski definition) is 4. The molecule has 0 amide bonds. The number of imidazole rings is 1. The molecule has 0 saturated heterocycles. The van der Waals surface area contributed by atoms with Crippen LogP contribution in [0.2, 0.25) is 0 Å². The fourth-order valence-corrected chi connectivity index (χ4v) is 3.01. The summed E-state index contributed by atoms with van der Waals surface area (Å²) in [6, 6.07) is 14.5. The lowest BCUT2D eigenvalue weighted by molar-refractivity contribution is 0.309. The highest BCUT2D eigenvalue weighted by Gasteiger charge is 2.17. The Hall–Kier alpha value is -3.28. The van der Waals surface area contributed by atoms with E-state index < -0.39 is 0 Å². The van der Waals surface area contributed by atoms with Crippen LogP contribution in [0.4, 0.5) is 0 Å². The minimum atomic E-state index is -0.337. The number of ether oxygens (including phenoxy) is 1. The predicted octanol–water partition coefficient (Wildman–Crippen LogP) is 3.52.